The molecule has 2 aromatic heterocycles. The lowest BCUT2D eigenvalue weighted by Gasteiger charge is -2.23. The molecule has 0 saturated carbocycles. The maximum atomic E-state index is 12.8. The third-order valence-electron chi connectivity index (χ3n) is 4.85. The molecule has 25 heavy (non-hydrogen) atoms. The topological polar surface area (TPSA) is 58.1 Å². The third-order valence-corrected chi connectivity index (χ3v) is 5.96. The van der Waals surface area contributed by atoms with E-state index in [1.165, 1.54) is 16.0 Å². The van der Waals surface area contributed by atoms with Gasteiger partial charge < -0.3 is 10.2 Å². The van der Waals surface area contributed by atoms with Crippen LogP contribution in [0.5, 0.6) is 0 Å². The Balaban J connectivity index is 1.57. The average molecular weight is 352 g/mol. The van der Waals surface area contributed by atoms with Gasteiger partial charge in [-0.05, 0) is 44.4 Å². The minimum absolute atomic E-state index is 0.0637. The molecule has 1 unspecified atom stereocenters. The molecule has 5 nitrogen and oxygen atoms in total. The maximum Gasteiger partial charge on any atom is 0.246 e. The van der Waals surface area contributed by atoms with E-state index < -0.39 is 0 Å². The number of amides is 1. The number of fused-ring (bicyclic) bond motifs is 2. The van der Waals surface area contributed by atoms with E-state index in [9.17, 15) is 4.79 Å². The zero-order valence-corrected chi connectivity index (χ0v) is 15.4. The average Bonchev–Trinajstić information content (AvgIpc) is 3.09. The van der Waals surface area contributed by atoms with Crippen molar-refractivity contribution in [3.8, 4) is 0 Å². The van der Waals surface area contributed by atoms with Crippen LogP contribution >= 0.6 is 11.3 Å². The summed E-state index contributed by atoms with van der Waals surface area (Å²) in [5.74, 6) is 0.800. The van der Waals surface area contributed by atoms with Gasteiger partial charge in [-0.2, -0.15) is 0 Å². The SMILES string of the molecule is Cc1sc2ncnc(NCC(=O)N3c4ccccc4CC3C)c2c1C. The second-order valence-corrected chi connectivity index (χ2v) is 7.69. The molecule has 4 rings (SSSR count). The number of hydrogen-bond donors (Lipinski definition) is 1. The van der Waals surface area contributed by atoms with Crippen molar-refractivity contribution >= 4 is 39.0 Å². The van der Waals surface area contributed by atoms with Crippen molar-refractivity contribution in [2.45, 2.75) is 33.2 Å². The highest BCUT2D eigenvalue weighted by atomic mass is 32.1. The standard InChI is InChI=1S/C19H20N4OS/c1-11-8-14-6-4-5-7-15(14)23(11)16(24)9-20-18-17-12(2)13(3)25-19(17)22-10-21-18/h4-7,10-11H,8-9H2,1-3H3,(H,20,21,22). The third kappa shape index (κ3) is 2.66. The highest BCUT2D eigenvalue weighted by molar-refractivity contribution is 7.18. The van der Waals surface area contributed by atoms with Crippen LogP contribution in [0.4, 0.5) is 11.5 Å². The summed E-state index contributed by atoms with van der Waals surface area (Å²) in [4.78, 5) is 25.6. The summed E-state index contributed by atoms with van der Waals surface area (Å²) in [6, 6.07) is 8.30. The van der Waals surface area contributed by atoms with Crippen molar-refractivity contribution in [3.63, 3.8) is 0 Å². The molecular weight excluding hydrogens is 332 g/mol. The van der Waals surface area contributed by atoms with Crippen LogP contribution in [-0.2, 0) is 11.2 Å². The van der Waals surface area contributed by atoms with Crippen LogP contribution in [0.25, 0.3) is 10.2 Å². The number of nitrogens with zero attached hydrogens (tertiary/aromatic N) is 3. The van der Waals surface area contributed by atoms with E-state index in [0.717, 1.165) is 28.1 Å². The van der Waals surface area contributed by atoms with Crippen LogP contribution in [0, 0.1) is 13.8 Å². The number of hydrogen-bond acceptors (Lipinski definition) is 5. The largest absolute Gasteiger partial charge is 0.360 e. The number of nitrogens with one attached hydrogen (secondary N) is 1. The fourth-order valence-electron chi connectivity index (χ4n) is 3.51. The summed E-state index contributed by atoms with van der Waals surface area (Å²) >= 11 is 1.66. The Morgan fingerprint density at radius 1 is 1.32 bits per heavy atom. The summed E-state index contributed by atoms with van der Waals surface area (Å²) in [5, 5.41) is 4.26. The number of para-hydroxylation sites is 1. The second kappa shape index (κ2) is 6.11. The lowest BCUT2D eigenvalue weighted by Crippen LogP contribution is -2.39. The van der Waals surface area contributed by atoms with Gasteiger partial charge in [0.1, 0.15) is 17.0 Å². The van der Waals surface area contributed by atoms with Crippen molar-refractivity contribution in [2.24, 2.45) is 0 Å². The fourth-order valence-corrected chi connectivity index (χ4v) is 4.50. The van der Waals surface area contributed by atoms with Crippen molar-refractivity contribution in [2.75, 3.05) is 16.8 Å². The highest BCUT2D eigenvalue weighted by Gasteiger charge is 2.30. The summed E-state index contributed by atoms with van der Waals surface area (Å²) in [6.07, 6.45) is 2.46. The first kappa shape index (κ1) is 16.0. The molecule has 1 aliphatic rings. The fraction of sp³-hybridized carbons (Fsp3) is 0.316. The van der Waals surface area contributed by atoms with E-state index in [-0.39, 0.29) is 18.5 Å². The molecule has 0 spiro atoms. The smallest absolute Gasteiger partial charge is 0.246 e. The van der Waals surface area contributed by atoms with Gasteiger partial charge in [0.15, 0.2) is 0 Å². The molecule has 1 amide bonds. The molecule has 0 saturated heterocycles. The first-order valence-electron chi connectivity index (χ1n) is 8.41. The minimum Gasteiger partial charge on any atom is -0.360 e. The van der Waals surface area contributed by atoms with Gasteiger partial charge in [-0.25, -0.2) is 9.97 Å². The molecule has 0 fully saturated rings. The maximum absolute atomic E-state index is 12.8. The molecule has 1 aliphatic heterocycles. The van der Waals surface area contributed by atoms with Crippen LogP contribution in [0.2, 0.25) is 0 Å². The Bertz CT molecular complexity index is 965. The Morgan fingerprint density at radius 3 is 2.96 bits per heavy atom. The summed E-state index contributed by atoms with van der Waals surface area (Å²) in [7, 11) is 0. The molecule has 6 heteroatoms. The first-order valence-corrected chi connectivity index (χ1v) is 9.22. The number of thiophene rings is 1. The first-order chi connectivity index (χ1) is 12.1. The number of aryl methyl sites for hydroxylation is 2. The number of aromatic nitrogens is 2. The van der Waals surface area contributed by atoms with E-state index in [2.05, 4.69) is 42.1 Å². The number of benzene rings is 1. The van der Waals surface area contributed by atoms with Gasteiger partial charge >= 0.3 is 0 Å². The van der Waals surface area contributed by atoms with Crippen molar-refractivity contribution < 1.29 is 4.79 Å². The lowest BCUT2D eigenvalue weighted by atomic mass is 10.1. The van der Waals surface area contributed by atoms with E-state index in [1.807, 2.05) is 23.1 Å². The van der Waals surface area contributed by atoms with Crippen LogP contribution in [0.3, 0.4) is 0 Å². The van der Waals surface area contributed by atoms with Gasteiger partial charge in [0.05, 0.1) is 11.9 Å². The molecule has 1 N–H and O–H groups in total. The normalized spacial score (nSPS) is 16.3. The minimum atomic E-state index is 0.0637. The van der Waals surface area contributed by atoms with Crippen LogP contribution in [0.15, 0.2) is 30.6 Å². The summed E-state index contributed by atoms with van der Waals surface area (Å²) < 4.78 is 0. The quantitative estimate of drug-likeness (QED) is 0.781. The zero-order chi connectivity index (χ0) is 17.6. The zero-order valence-electron chi connectivity index (χ0n) is 14.5. The molecule has 0 radical (unpaired) electrons. The van der Waals surface area contributed by atoms with Crippen molar-refractivity contribution in [1.82, 2.24) is 9.97 Å². The van der Waals surface area contributed by atoms with Gasteiger partial charge in [0.2, 0.25) is 5.91 Å². The highest BCUT2D eigenvalue weighted by Crippen LogP contribution is 2.33. The number of anilines is 2. The predicted octanol–water partition coefficient (Wildman–Crippen LogP) is 3.70. The predicted molar refractivity (Wildman–Crippen MR) is 102 cm³/mol. The Kier molecular flexibility index (Phi) is 3.92. The summed E-state index contributed by atoms with van der Waals surface area (Å²) in [6.45, 7) is 6.47. The second-order valence-electron chi connectivity index (χ2n) is 6.48. The molecule has 3 aromatic rings. The number of rotatable bonds is 3. The van der Waals surface area contributed by atoms with Gasteiger partial charge in [-0.15, -0.1) is 11.3 Å². The van der Waals surface area contributed by atoms with E-state index in [1.54, 1.807) is 17.7 Å². The molecule has 3 heterocycles. The van der Waals surface area contributed by atoms with Gasteiger partial charge in [-0.3, -0.25) is 4.79 Å². The summed E-state index contributed by atoms with van der Waals surface area (Å²) in [5.41, 5.74) is 3.43. The Labute approximate surface area is 150 Å². The molecular formula is C19H20N4OS. The number of carbonyl (C=O) groups excluding carboxylic acids is 1. The molecule has 0 aliphatic carbocycles. The van der Waals surface area contributed by atoms with Crippen molar-refractivity contribution in [3.05, 3.63) is 46.6 Å². The molecule has 0 bridgehead atoms. The van der Waals surface area contributed by atoms with Crippen molar-refractivity contribution in [1.29, 1.82) is 0 Å². The van der Waals surface area contributed by atoms with E-state index in [4.69, 9.17) is 0 Å². The Morgan fingerprint density at radius 2 is 2.12 bits per heavy atom. The van der Waals surface area contributed by atoms with E-state index in [0.29, 0.717) is 0 Å². The molecule has 1 atom stereocenters. The molecule has 1 aromatic carbocycles. The molecule has 128 valence electrons. The van der Waals surface area contributed by atoms with E-state index >= 15 is 0 Å². The number of carbonyl (C=O) groups is 1. The monoisotopic (exact) mass is 352 g/mol. The van der Waals surface area contributed by atoms with Gasteiger partial charge in [-0.1, -0.05) is 18.2 Å². The Hall–Kier alpha value is -2.47. The van der Waals surface area contributed by atoms with Crippen LogP contribution < -0.4 is 10.2 Å². The van der Waals surface area contributed by atoms with Crippen LogP contribution in [-0.4, -0.2) is 28.5 Å². The lowest BCUT2D eigenvalue weighted by molar-refractivity contribution is -0.117. The van der Waals surface area contributed by atoms with Gasteiger partial charge in [0.25, 0.3) is 0 Å². The van der Waals surface area contributed by atoms with Crippen LogP contribution in [0.1, 0.15) is 22.9 Å². The van der Waals surface area contributed by atoms with Gasteiger partial charge in [0, 0.05) is 16.6 Å².